The molecule has 3 aromatic rings. The van der Waals surface area contributed by atoms with Crippen molar-refractivity contribution >= 4 is 28.6 Å². The number of aromatic amines is 1. The van der Waals surface area contributed by atoms with Gasteiger partial charge in [-0.15, -0.1) is 0 Å². The van der Waals surface area contributed by atoms with Crippen LogP contribution in [0.15, 0.2) is 42.5 Å². The summed E-state index contributed by atoms with van der Waals surface area (Å²) in [5, 5.41) is 10.0. The molecule has 0 aliphatic carbocycles. The lowest BCUT2D eigenvalue weighted by molar-refractivity contribution is -0.119. The zero-order chi connectivity index (χ0) is 16.2. The van der Waals surface area contributed by atoms with Gasteiger partial charge in [0.05, 0.1) is 5.52 Å². The second-order valence-corrected chi connectivity index (χ2v) is 4.95. The quantitative estimate of drug-likeness (QED) is 0.719. The molecule has 116 valence electrons. The van der Waals surface area contributed by atoms with Gasteiger partial charge in [0.15, 0.2) is 12.4 Å². The van der Waals surface area contributed by atoms with Gasteiger partial charge in [0, 0.05) is 17.1 Å². The SMILES string of the molecule is Cc1cc(NC(=O)COC(=O)c2ccc3ccccc3n2)n[nH]1. The fourth-order valence-corrected chi connectivity index (χ4v) is 2.05. The number of ether oxygens (including phenoxy) is 1. The number of hydrogen-bond acceptors (Lipinski definition) is 5. The van der Waals surface area contributed by atoms with Crippen LogP contribution >= 0.6 is 0 Å². The molecule has 1 aromatic carbocycles. The molecule has 7 nitrogen and oxygen atoms in total. The van der Waals surface area contributed by atoms with Gasteiger partial charge in [-0.05, 0) is 19.1 Å². The second-order valence-electron chi connectivity index (χ2n) is 4.95. The zero-order valence-corrected chi connectivity index (χ0v) is 12.4. The Morgan fingerprint density at radius 1 is 1.22 bits per heavy atom. The van der Waals surface area contributed by atoms with E-state index in [1.54, 1.807) is 24.3 Å². The highest BCUT2D eigenvalue weighted by Gasteiger charge is 2.13. The third-order valence-corrected chi connectivity index (χ3v) is 3.12. The zero-order valence-electron chi connectivity index (χ0n) is 12.4. The fraction of sp³-hybridized carbons (Fsp3) is 0.125. The molecule has 0 radical (unpaired) electrons. The Kier molecular flexibility index (Phi) is 4.01. The smallest absolute Gasteiger partial charge is 0.357 e. The maximum Gasteiger partial charge on any atom is 0.357 e. The third kappa shape index (κ3) is 3.52. The van der Waals surface area contributed by atoms with Crippen molar-refractivity contribution < 1.29 is 14.3 Å². The Morgan fingerprint density at radius 3 is 2.83 bits per heavy atom. The number of fused-ring (bicyclic) bond motifs is 1. The Bertz CT molecular complexity index is 872. The van der Waals surface area contributed by atoms with Crippen molar-refractivity contribution in [2.75, 3.05) is 11.9 Å². The molecule has 0 unspecified atom stereocenters. The predicted octanol–water partition coefficient (Wildman–Crippen LogP) is 2.06. The van der Waals surface area contributed by atoms with E-state index in [1.165, 1.54) is 0 Å². The molecule has 2 heterocycles. The van der Waals surface area contributed by atoms with Gasteiger partial charge in [-0.25, -0.2) is 9.78 Å². The van der Waals surface area contributed by atoms with Crippen LogP contribution in [0, 0.1) is 6.92 Å². The fourth-order valence-electron chi connectivity index (χ4n) is 2.05. The summed E-state index contributed by atoms with van der Waals surface area (Å²) in [6, 6.07) is 12.5. The number of hydrogen-bond donors (Lipinski definition) is 2. The summed E-state index contributed by atoms with van der Waals surface area (Å²) in [5.74, 6) is -0.734. The summed E-state index contributed by atoms with van der Waals surface area (Å²) in [4.78, 5) is 27.9. The highest BCUT2D eigenvalue weighted by molar-refractivity contribution is 5.95. The standard InChI is InChI=1S/C16H14N4O3/c1-10-8-14(20-19-10)18-15(21)9-23-16(22)13-7-6-11-4-2-3-5-12(11)17-13/h2-8H,9H2,1H3,(H2,18,19,20,21). The molecule has 3 rings (SSSR count). The van der Waals surface area contributed by atoms with Gasteiger partial charge in [-0.3, -0.25) is 9.89 Å². The summed E-state index contributed by atoms with van der Waals surface area (Å²) in [5.41, 5.74) is 1.67. The summed E-state index contributed by atoms with van der Waals surface area (Å²) < 4.78 is 4.97. The number of carbonyl (C=O) groups excluding carboxylic acids is 2. The maximum atomic E-state index is 12.0. The van der Waals surface area contributed by atoms with Crippen molar-refractivity contribution in [3.63, 3.8) is 0 Å². The molecule has 0 aliphatic heterocycles. The lowest BCUT2D eigenvalue weighted by Gasteiger charge is -2.05. The van der Waals surface area contributed by atoms with Crippen molar-refractivity contribution in [1.29, 1.82) is 0 Å². The minimum Gasteiger partial charge on any atom is -0.451 e. The number of nitrogens with one attached hydrogen (secondary N) is 2. The van der Waals surface area contributed by atoms with Gasteiger partial charge in [0.1, 0.15) is 5.69 Å². The highest BCUT2D eigenvalue weighted by Crippen LogP contribution is 2.12. The second kappa shape index (κ2) is 6.27. The number of aryl methyl sites for hydroxylation is 1. The minimum atomic E-state index is -0.649. The van der Waals surface area contributed by atoms with E-state index in [-0.39, 0.29) is 5.69 Å². The first-order valence-electron chi connectivity index (χ1n) is 6.96. The summed E-state index contributed by atoms with van der Waals surface area (Å²) >= 11 is 0. The van der Waals surface area contributed by atoms with Crippen molar-refractivity contribution in [2.24, 2.45) is 0 Å². The summed E-state index contributed by atoms with van der Waals surface area (Å²) in [6.07, 6.45) is 0. The van der Waals surface area contributed by atoms with Crippen molar-refractivity contribution in [2.45, 2.75) is 6.92 Å². The van der Waals surface area contributed by atoms with Gasteiger partial charge in [-0.1, -0.05) is 24.3 Å². The van der Waals surface area contributed by atoms with Crippen LogP contribution in [0.5, 0.6) is 0 Å². The first kappa shape index (κ1) is 14.7. The number of nitrogens with zero attached hydrogens (tertiary/aromatic N) is 2. The average molecular weight is 310 g/mol. The number of amides is 1. The average Bonchev–Trinajstić information content (AvgIpc) is 2.97. The van der Waals surface area contributed by atoms with Crippen molar-refractivity contribution in [3.8, 4) is 0 Å². The van der Waals surface area contributed by atoms with E-state index in [9.17, 15) is 9.59 Å². The molecule has 0 saturated carbocycles. The van der Waals surface area contributed by atoms with E-state index in [2.05, 4.69) is 20.5 Å². The lowest BCUT2D eigenvalue weighted by atomic mass is 10.2. The predicted molar refractivity (Wildman–Crippen MR) is 84.0 cm³/mol. The Labute approximate surface area is 131 Å². The van der Waals surface area contributed by atoms with Crippen LogP contribution in [-0.2, 0) is 9.53 Å². The van der Waals surface area contributed by atoms with Crippen LogP contribution in [0.4, 0.5) is 5.82 Å². The molecular formula is C16H14N4O3. The Hall–Kier alpha value is -3.22. The van der Waals surface area contributed by atoms with E-state index in [4.69, 9.17) is 4.74 Å². The minimum absolute atomic E-state index is 0.159. The number of esters is 1. The molecule has 2 N–H and O–H groups in total. The summed E-state index contributed by atoms with van der Waals surface area (Å²) in [6.45, 7) is 1.41. The van der Waals surface area contributed by atoms with Crippen LogP contribution in [0.3, 0.4) is 0 Å². The van der Waals surface area contributed by atoms with E-state index in [1.807, 2.05) is 25.1 Å². The third-order valence-electron chi connectivity index (χ3n) is 3.12. The largest absolute Gasteiger partial charge is 0.451 e. The monoisotopic (exact) mass is 310 g/mol. The molecular weight excluding hydrogens is 296 g/mol. The lowest BCUT2D eigenvalue weighted by Crippen LogP contribution is -2.21. The summed E-state index contributed by atoms with van der Waals surface area (Å²) in [7, 11) is 0. The molecule has 0 fully saturated rings. The van der Waals surface area contributed by atoms with Gasteiger partial charge >= 0.3 is 5.97 Å². The number of rotatable bonds is 4. The number of carbonyl (C=O) groups is 2. The number of pyridine rings is 1. The molecule has 2 aromatic heterocycles. The molecule has 23 heavy (non-hydrogen) atoms. The van der Waals surface area contributed by atoms with Gasteiger partial charge in [0.2, 0.25) is 0 Å². The van der Waals surface area contributed by atoms with Gasteiger partial charge in [-0.2, -0.15) is 5.10 Å². The van der Waals surface area contributed by atoms with E-state index < -0.39 is 18.5 Å². The maximum absolute atomic E-state index is 12.0. The highest BCUT2D eigenvalue weighted by atomic mass is 16.5. The van der Waals surface area contributed by atoms with Gasteiger partial charge in [0.25, 0.3) is 5.91 Å². The molecule has 0 saturated heterocycles. The van der Waals surface area contributed by atoms with Crippen LogP contribution < -0.4 is 5.32 Å². The Morgan fingerprint density at radius 2 is 2.04 bits per heavy atom. The van der Waals surface area contributed by atoms with Gasteiger partial charge < -0.3 is 10.1 Å². The number of H-pyrrole nitrogens is 1. The molecule has 0 spiro atoms. The molecule has 0 atom stereocenters. The number of para-hydroxylation sites is 1. The first-order chi connectivity index (χ1) is 11.1. The molecule has 7 heteroatoms. The van der Waals surface area contributed by atoms with Crippen LogP contribution in [0.1, 0.15) is 16.2 Å². The molecule has 1 amide bonds. The van der Waals surface area contributed by atoms with E-state index in [0.29, 0.717) is 11.3 Å². The number of benzene rings is 1. The van der Waals surface area contributed by atoms with Crippen molar-refractivity contribution in [1.82, 2.24) is 15.2 Å². The number of aromatic nitrogens is 3. The van der Waals surface area contributed by atoms with Crippen molar-refractivity contribution in [3.05, 3.63) is 53.9 Å². The topological polar surface area (TPSA) is 97.0 Å². The normalized spacial score (nSPS) is 10.5. The molecule has 0 bridgehead atoms. The first-order valence-corrected chi connectivity index (χ1v) is 6.96. The van der Waals surface area contributed by atoms with E-state index in [0.717, 1.165) is 11.1 Å². The molecule has 0 aliphatic rings. The van der Waals surface area contributed by atoms with E-state index >= 15 is 0 Å². The Balaban J connectivity index is 1.60. The van der Waals surface area contributed by atoms with Crippen LogP contribution in [-0.4, -0.2) is 33.7 Å². The number of anilines is 1. The van der Waals surface area contributed by atoms with Crippen LogP contribution in [0.2, 0.25) is 0 Å². The van der Waals surface area contributed by atoms with Crippen LogP contribution in [0.25, 0.3) is 10.9 Å².